The number of nitrogens with zero attached hydrogens (tertiary/aromatic N) is 1. The molecule has 1 aromatic rings. The van der Waals surface area contributed by atoms with Crippen LogP contribution in [0.15, 0.2) is 15.9 Å². The summed E-state index contributed by atoms with van der Waals surface area (Å²) in [6.07, 6.45) is 1.25. The van der Waals surface area contributed by atoms with Gasteiger partial charge in [0.1, 0.15) is 6.26 Å². The Morgan fingerprint density at radius 2 is 2.53 bits per heavy atom. The normalized spacial score (nSPS) is 12.5. The van der Waals surface area contributed by atoms with E-state index in [1.54, 1.807) is 6.92 Å². The molecule has 15 heavy (non-hydrogen) atoms. The highest BCUT2D eigenvalue weighted by molar-refractivity contribution is 7.99. The van der Waals surface area contributed by atoms with E-state index in [2.05, 4.69) is 4.98 Å². The van der Waals surface area contributed by atoms with Crippen LogP contribution in [0.4, 0.5) is 0 Å². The van der Waals surface area contributed by atoms with E-state index >= 15 is 0 Å². The van der Waals surface area contributed by atoms with Gasteiger partial charge in [-0.15, -0.1) is 0 Å². The van der Waals surface area contributed by atoms with Crippen LogP contribution in [0.5, 0.6) is 0 Å². The molecule has 1 aromatic heterocycles. The van der Waals surface area contributed by atoms with Crippen molar-refractivity contribution in [3.63, 3.8) is 0 Å². The molecule has 1 unspecified atom stereocenters. The van der Waals surface area contributed by atoms with Gasteiger partial charge in [0.15, 0.2) is 5.69 Å². The summed E-state index contributed by atoms with van der Waals surface area (Å²) in [5, 5.41) is 9.16. The lowest BCUT2D eigenvalue weighted by molar-refractivity contribution is 0.0519. The number of aliphatic hydroxyl groups excluding tert-OH is 1. The second kappa shape index (κ2) is 5.77. The van der Waals surface area contributed by atoms with Crippen LogP contribution in [0, 0.1) is 0 Å². The fraction of sp³-hybridized carbons (Fsp3) is 0.556. The number of aliphatic hydroxyl groups is 1. The smallest absolute Gasteiger partial charge is 0.360 e. The molecule has 0 saturated carbocycles. The number of rotatable bonds is 5. The van der Waals surface area contributed by atoms with Gasteiger partial charge in [0, 0.05) is 5.25 Å². The molecule has 1 heterocycles. The van der Waals surface area contributed by atoms with Gasteiger partial charge in [0.2, 0.25) is 0 Å². The standard InChI is InChI=1S/C9H13NO4S/c1-3-13-8(12)7-5-14-9(10-7)15-6(2)4-11/h5-6,11H,3-4H2,1-2H3. The third-order valence-electron chi connectivity index (χ3n) is 1.53. The minimum absolute atomic E-state index is 0.0151. The van der Waals surface area contributed by atoms with Gasteiger partial charge in [-0.05, 0) is 6.92 Å². The zero-order valence-corrected chi connectivity index (χ0v) is 9.41. The number of ether oxygens (including phenoxy) is 1. The number of carbonyl (C=O) groups excluding carboxylic acids is 1. The first kappa shape index (κ1) is 12.1. The van der Waals surface area contributed by atoms with E-state index in [1.165, 1.54) is 18.0 Å². The highest BCUT2D eigenvalue weighted by Gasteiger charge is 2.14. The van der Waals surface area contributed by atoms with Gasteiger partial charge in [-0.25, -0.2) is 4.79 Å². The van der Waals surface area contributed by atoms with E-state index in [1.807, 2.05) is 6.92 Å². The van der Waals surface area contributed by atoms with Crippen molar-refractivity contribution in [2.45, 2.75) is 24.3 Å². The van der Waals surface area contributed by atoms with Crippen LogP contribution in [0.25, 0.3) is 0 Å². The molecule has 0 radical (unpaired) electrons. The number of hydrogen-bond acceptors (Lipinski definition) is 6. The van der Waals surface area contributed by atoms with Gasteiger partial charge in [-0.2, -0.15) is 4.98 Å². The quantitative estimate of drug-likeness (QED) is 0.608. The van der Waals surface area contributed by atoms with Crippen LogP contribution in [-0.2, 0) is 4.74 Å². The van der Waals surface area contributed by atoms with Crippen molar-refractivity contribution in [3.8, 4) is 0 Å². The molecule has 0 aromatic carbocycles. The molecule has 0 bridgehead atoms. The SMILES string of the molecule is CCOC(=O)c1coc(SC(C)CO)n1. The summed E-state index contributed by atoms with van der Waals surface area (Å²) in [5.74, 6) is -0.496. The Hall–Kier alpha value is -1.01. The van der Waals surface area contributed by atoms with E-state index < -0.39 is 5.97 Å². The number of thioether (sulfide) groups is 1. The largest absolute Gasteiger partial charge is 0.461 e. The molecule has 0 fully saturated rings. The Balaban J connectivity index is 2.59. The monoisotopic (exact) mass is 231 g/mol. The molecule has 6 heteroatoms. The summed E-state index contributed by atoms with van der Waals surface area (Å²) < 4.78 is 9.80. The highest BCUT2D eigenvalue weighted by Crippen LogP contribution is 2.22. The summed E-state index contributed by atoms with van der Waals surface area (Å²) in [5.41, 5.74) is 0.157. The van der Waals surface area contributed by atoms with Crippen molar-refractivity contribution in [2.75, 3.05) is 13.2 Å². The second-order valence-corrected chi connectivity index (χ2v) is 4.22. The fourth-order valence-electron chi connectivity index (χ4n) is 0.820. The number of hydrogen-bond donors (Lipinski definition) is 1. The van der Waals surface area contributed by atoms with Gasteiger partial charge in [-0.1, -0.05) is 18.7 Å². The maximum Gasteiger partial charge on any atom is 0.360 e. The Morgan fingerprint density at radius 3 is 3.13 bits per heavy atom. The summed E-state index contributed by atoms with van der Waals surface area (Å²) in [6.45, 7) is 3.89. The van der Waals surface area contributed by atoms with Crippen molar-refractivity contribution < 1.29 is 19.1 Å². The van der Waals surface area contributed by atoms with Crippen molar-refractivity contribution in [1.82, 2.24) is 4.98 Å². The van der Waals surface area contributed by atoms with Gasteiger partial charge in [-0.3, -0.25) is 0 Å². The Morgan fingerprint density at radius 1 is 1.80 bits per heavy atom. The van der Waals surface area contributed by atoms with E-state index in [4.69, 9.17) is 14.3 Å². The first-order valence-electron chi connectivity index (χ1n) is 4.57. The molecule has 1 atom stereocenters. The molecule has 84 valence electrons. The number of esters is 1. The van der Waals surface area contributed by atoms with E-state index in [0.29, 0.717) is 11.8 Å². The van der Waals surface area contributed by atoms with Crippen LogP contribution in [0.2, 0.25) is 0 Å². The van der Waals surface area contributed by atoms with Crippen LogP contribution >= 0.6 is 11.8 Å². The molecule has 0 aliphatic carbocycles. The second-order valence-electron chi connectivity index (χ2n) is 2.83. The lowest BCUT2D eigenvalue weighted by Gasteiger charge is -2.01. The summed E-state index contributed by atoms with van der Waals surface area (Å²) >= 11 is 1.26. The first-order valence-corrected chi connectivity index (χ1v) is 5.45. The Kier molecular flexibility index (Phi) is 4.64. The van der Waals surface area contributed by atoms with Crippen LogP contribution in [0.1, 0.15) is 24.3 Å². The molecule has 1 rings (SSSR count). The maximum atomic E-state index is 11.2. The van der Waals surface area contributed by atoms with Crippen molar-refractivity contribution >= 4 is 17.7 Å². The fourth-order valence-corrected chi connectivity index (χ4v) is 1.49. The van der Waals surface area contributed by atoms with Crippen molar-refractivity contribution in [1.29, 1.82) is 0 Å². The molecule has 1 N–H and O–H groups in total. The maximum absolute atomic E-state index is 11.2. The number of carbonyl (C=O) groups is 1. The lowest BCUT2D eigenvalue weighted by atomic mass is 10.5. The molecule has 0 aliphatic rings. The summed E-state index contributed by atoms with van der Waals surface area (Å²) in [4.78, 5) is 15.1. The van der Waals surface area contributed by atoms with E-state index in [0.717, 1.165) is 0 Å². The topological polar surface area (TPSA) is 72.6 Å². The van der Waals surface area contributed by atoms with Crippen LogP contribution < -0.4 is 0 Å². The van der Waals surface area contributed by atoms with E-state index in [9.17, 15) is 4.79 Å². The van der Waals surface area contributed by atoms with Gasteiger partial charge in [0.25, 0.3) is 5.22 Å². The molecular formula is C9H13NO4S. The van der Waals surface area contributed by atoms with Crippen LogP contribution in [0.3, 0.4) is 0 Å². The van der Waals surface area contributed by atoms with Crippen LogP contribution in [-0.4, -0.2) is 34.5 Å². The number of aromatic nitrogens is 1. The zero-order chi connectivity index (χ0) is 11.3. The molecule has 0 aliphatic heterocycles. The summed E-state index contributed by atoms with van der Waals surface area (Å²) in [6, 6.07) is 0. The predicted octanol–water partition coefficient (Wildman–Crippen LogP) is 1.32. The van der Waals surface area contributed by atoms with E-state index in [-0.39, 0.29) is 17.6 Å². The molecular weight excluding hydrogens is 218 g/mol. The number of oxazole rings is 1. The third kappa shape index (κ3) is 3.56. The average molecular weight is 231 g/mol. The first-order chi connectivity index (χ1) is 7.17. The molecule has 0 spiro atoms. The predicted molar refractivity (Wildman–Crippen MR) is 54.9 cm³/mol. The Labute approximate surface area is 91.8 Å². The van der Waals surface area contributed by atoms with Gasteiger partial charge < -0.3 is 14.3 Å². The minimum atomic E-state index is -0.496. The zero-order valence-electron chi connectivity index (χ0n) is 8.60. The molecule has 5 nitrogen and oxygen atoms in total. The van der Waals surface area contributed by atoms with Crippen molar-refractivity contribution in [3.05, 3.63) is 12.0 Å². The Bertz CT molecular complexity index is 326. The average Bonchev–Trinajstić information content (AvgIpc) is 2.66. The highest BCUT2D eigenvalue weighted by atomic mass is 32.2. The third-order valence-corrected chi connectivity index (χ3v) is 2.47. The molecule has 0 saturated heterocycles. The van der Waals surface area contributed by atoms with Gasteiger partial charge >= 0.3 is 5.97 Å². The molecule has 0 amide bonds. The van der Waals surface area contributed by atoms with Gasteiger partial charge in [0.05, 0.1) is 13.2 Å². The minimum Gasteiger partial charge on any atom is -0.461 e. The summed E-state index contributed by atoms with van der Waals surface area (Å²) in [7, 11) is 0. The van der Waals surface area contributed by atoms with Crippen molar-refractivity contribution in [2.24, 2.45) is 0 Å². The lowest BCUT2D eigenvalue weighted by Crippen LogP contribution is -2.05.